The first-order valence-electron chi connectivity index (χ1n) is 3.73. The molecule has 0 radical (unpaired) electrons. The van der Waals surface area contributed by atoms with Crippen molar-refractivity contribution in [1.29, 1.82) is 0 Å². The standard InChI is InChI=1S/C7H11NO2S2/c1-5-4-12-7(8-5)11-3-2-6(9)10/h5H,2-4H2,1H3,(H,9,10). The summed E-state index contributed by atoms with van der Waals surface area (Å²) in [6.07, 6.45) is 0.221. The largest absolute Gasteiger partial charge is 0.481 e. The molecular formula is C7H11NO2S2. The maximum absolute atomic E-state index is 10.2. The third-order valence-electron chi connectivity index (χ3n) is 1.32. The molecule has 68 valence electrons. The number of hydrogen-bond donors (Lipinski definition) is 1. The first-order chi connectivity index (χ1) is 5.68. The van der Waals surface area contributed by atoms with E-state index in [1.54, 1.807) is 23.5 Å². The summed E-state index contributed by atoms with van der Waals surface area (Å²) in [5, 5.41) is 8.38. The van der Waals surface area contributed by atoms with E-state index in [-0.39, 0.29) is 6.42 Å². The summed E-state index contributed by atoms with van der Waals surface area (Å²) in [6, 6.07) is 0.405. The molecule has 12 heavy (non-hydrogen) atoms. The Morgan fingerprint density at radius 3 is 3.17 bits per heavy atom. The van der Waals surface area contributed by atoms with E-state index in [2.05, 4.69) is 11.9 Å². The van der Waals surface area contributed by atoms with Gasteiger partial charge in [0.1, 0.15) is 4.38 Å². The Morgan fingerprint density at radius 2 is 2.67 bits per heavy atom. The highest BCUT2D eigenvalue weighted by Crippen LogP contribution is 2.25. The van der Waals surface area contributed by atoms with Crippen LogP contribution in [0, 0.1) is 0 Å². The van der Waals surface area contributed by atoms with Crippen LogP contribution in [-0.4, -0.2) is 33.0 Å². The van der Waals surface area contributed by atoms with Crippen LogP contribution in [0.4, 0.5) is 0 Å². The summed E-state index contributed by atoms with van der Waals surface area (Å²) in [7, 11) is 0. The number of hydrogen-bond acceptors (Lipinski definition) is 4. The van der Waals surface area contributed by atoms with Crippen molar-refractivity contribution in [2.75, 3.05) is 11.5 Å². The molecule has 0 aromatic carbocycles. The molecule has 1 rings (SSSR count). The van der Waals surface area contributed by atoms with Crippen LogP contribution in [0.3, 0.4) is 0 Å². The quantitative estimate of drug-likeness (QED) is 0.761. The van der Waals surface area contributed by atoms with Gasteiger partial charge in [-0.2, -0.15) is 0 Å². The summed E-state index contributed by atoms with van der Waals surface area (Å²) in [6.45, 7) is 2.07. The Labute approximate surface area is 80.0 Å². The molecule has 0 fully saturated rings. The van der Waals surface area contributed by atoms with Gasteiger partial charge >= 0.3 is 5.97 Å². The minimum atomic E-state index is -0.737. The lowest BCUT2D eigenvalue weighted by molar-refractivity contribution is -0.136. The van der Waals surface area contributed by atoms with Gasteiger partial charge in [-0.3, -0.25) is 9.79 Å². The second-order valence-electron chi connectivity index (χ2n) is 2.55. The first kappa shape index (κ1) is 9.92. The maximum Gasteiger partial charge on any atom is 0.304 e. The van der Waals surface area contributed by atoms with E-state index in [4.69, 9.17) is 5.11 Å². The molecule has 3 nitrogen and oxygen atoms in total. The Bertz CT molecular complexity index is 206. The fraction of sp³-hybridized carbons (Fsp3) is 0.714. The molecule has 0 saturated heterocycles. The van der Waals surface area contributed by atoms with Crippen LogP contribution in [0.2, 0.25) is 0 Å². The van der Waals surface area contributed by atoms with Gasteiger partial charge < -0.3 is 5.11 Å². The molecule has 1 N–H and O–H groups in total. The number of carboxylic acids is 1. The third kappa shape index (κ3) is 3.49. The first-order valence-corrected chi connectivity index (χ1v) is 5.71. The molecule has 5 heteroatoms. The Morgan fingerprint density at radius 1 is 1.92 bits per heavy atom. The minimum Gasteiger partial charge on any atom is -0.481 e. The van der Waals surface area contributed by atoms with Crippen molar-refractivity contribution in [3.63, 3.8) is 0 Å². The van der Waals surface area contributed by atoms with E-state index < -0.39 is 5.97 Å². The van der Waals surface area contributed by atoms with E-state index >= 15 is 0 Å². The molecule has 0 bridgehead atoms. The topological polar surface area (TPSA) is 49.7 Å². The molecule has 1 heterocycles. The summed E-state index contributed by atoms with van der Waals surface area (Å²) >= 11 is 3.27. The average molecular weight is 205 g/mol. The van der Waals surface area contributed by atoms with Crippen LogP contribution in [-0.2, 0) is 4.79 Å². The van der Waals surface area contributed by atoms with E-state index in [1.807, 2.05) is 0 Å². The number of thioether (sulfide) groups is 2. The van der Waals surface area contributed by atoms with E-state index in [0.29, 0.717) is 11.8 Å². The lowest BCUT2D eigenvalue weighted by Crippen LogP contribution is -1.97. The van der Waals surface area contributed by atoms with Crippen LogP contribution < -0.4 is 0 Å². The third-order valence-corrected chi connectivity index (χ3v) is 3.78. The molecule has 0 saturated carbocycles. The van der Waals surface area contributed by atoms with Crippen molar-refractivity contribution in [3.05, 3.63) is 0 Å². The van der Waals surface area contributed by atoms with Gasteiger partial charge in [0.2, 0.25) is 0 Å². The van der Waals surface area contributed by atoms with Gasteiger partial charge in [0.15, 0.2) is 0 Å². The predicted octanol–water partition coefficient (Wildman–Crippen LogP) is 1.69. The molecule has 1 atom stereocenters. The number of carboxylic acid groups (broad SMARTS) is 1. The molecule has 0 aliphatic carbocycles. The Balaban J connectivity index is 2.15. The second kappa shape index (κ2) is 4.77. The van der Waals surface area contributed by atoms with Gasteiger partial charge in [-0.15, -0.1) is 0 Å². The van der Waals surface area contributed by atoms with Gasteiger partial charge in [-0.1, -0.05) is 23.5 Å². The molecule has 0 amide bonds. The van der Waals surface area contributed by atoms with Gasteiger partial charge in [0, 0.05) is 11.5 Å². The zero-order valence-electron chi connectivity index (χ0n) is 6.82. The van der Waals surface area contributed by atoms with E-state index in [9.17, 15) is 4.79 Å². The summed E-state index contributed by atoms with van der Waals surface area (Å²) < 4.78 is 1.05. The number of nitrogens with zero attached hydrogens (tertiary/aromatic N) is 1. The minimum absolute atomic E-state index is 0.221. The van der Waals surface area contributed by atoms with Crippen LogP contribution in [0.1, 0.15) is 13.3 Å². The molecule has 0 spiro atoms. The van der Waals surface area contributed by atoms with Crippen molar-refractivity contribution in [1.82, 2.24) is 0 Å². The predicted molar refractivity (Wildman–Crippen MR) is 54.1 cm³/mol. The van der Waals surface area contributed by atoms with Gasteiger partial charge in [-0.25, -0.2) is 0 Å². The summed E-state index contributed by atoms with van der Waals surface area (Å²) in [5.74, 6) is 0.933. The van der Waals surface area contributed by atoms with Crippen LogP contribution in [0.15, 0.2) is 4.99 Å². The van der Waals surface area contributed by atoms with Crippen molar-refractivity contribution in [2.45, 2.75) is 19.4 Å². The van der Waals surface area contributed by atoms with Gasteiger partial charge in [0.25, 0.3) is 0 Å². The highest BCUT2D eigenvalue weighted by Gasteiger charge is 2.13. The number of carbonyl (C=O) groups is 1. The molecular weight excluding hydrogens is 194 g/mol. The van der Waals surface area contributed by atoms with Crippen molar-refractivity contribution in [2.24, 2.45) is 4.99 Å². The van der Waals surface area contributed by atoms with Crippen LogP contribution in [0.5, 0.6) is 0 Å². The molecule has 1 unspecified atom stereocenters. The van der Waals surface area contributed by atoms with E-state index in [0.717, 1.165) is 10.1 Å². The van der Waals surface area contributed by atoms with Crippen LogP contribution >= 0.6 is 23.5 Å². The van der Waals surface area contributed by atoms with Crippen molar-refractivity contribution >= 4 is 33.9 Å². The monoisotopic (exact) mass is 205 g/mol. The zero-order chi connectivity index (χ0) is 8.97. The highest BCUT2D eigenvalue weighted by molar-refractivity contribution is 8.39. The fourth-order valence-corrected chi connectivity index (χ4v) is 2.96. The molecule has 1 aliphatic rings. The Hall–Kier alpha value is -0.160. The van der Waals surface area contributed by atoms with Gasteiger partial charge in [-0.05, 0) is 6.92 Å². The second-order valence-corrected chi connectivity index (χ2v) is 4.90. The van der Waals surface area contributed by atoms with Crippen molar-refractivity contribution in [3.8, 4) is 0 Å². The van der Waals surface area contributed by atoms with Crippen molar-refractivity contribution < 1.29 is 9.90 Å². The van der Waals surface area contributed by atoms with E-state index in [1.165, 1.54) is 0 Å². The maximum atomic E-state index is 10.2. The lowest BCUT2D eigenvalue weighted by Gasteiger charge is -1.95. The molecule has 0 aromatic heterocycles. The molecule has 1 aliphatic heterocycles. The SMILES string of the molecule is CC1CSC(SCCC(=O)O)=N1. The summed E-state index contributed by atoms with van der Waals surface area (Å²) in [5.41, 5.74) is 0. The number of aliphatic carboxylic acids is 1. The van der Waals surface area contributed by atoms with Crippen LogP contribution in [0.25, 0.3) is 0 Å². The fourth-order valence-electron chi connectivity index (χ4n) is 0.751. The van der Waals surface area contributed by atoms with Gasteiger partial charge in [0.05, 0.1) is 12.5 Å². The number of aliphatic imine (C=N–C) groups is 1. The Kier molecular flexibility index (Phi) is 3.94. The smallest absolute Gasteiger partial charge is 0.304 e. The number of rotatable bonds is 3. The highest BCUT2D eigenvalue weighted by atomic mass is 32.2. The average Bonchev–Trinajstić information content (AvgIpc) is 2.35. The zero-order valence-corrected chi connectivity index (χ0v) is 8.45. The normalized spacial score (nSPS) is 22.4. The molecule has 0 aromatic rings. The lowest BCUT2D eigenvalue weighted by atomic mass is 10.4. The summed E-state index contributed by atoms with van der Waals surface area (Å²) in [4.78, 5) is 14.5.